The van der Waals surface area contributed by atoms with Gasteiger partial charge in [-0.3, -0.25) is 4.79 Å². The Morgan fingerprint density at radius 2 is 2.05 bits per heavy atom. The van der Waals surface area contributed by atoms with E-state index >= 15 is 0 Å². The Bertz CT molecular complexity index is 514. The summed E-state index contributed by atoms with van der Waals surface area (Å²) >= 11 is 0. The molecular formula is C16H22N2O3. The highest BCUT2D eigenvalue weighted by atomic mass is 16.6. The lowest BCUT2D eigenvalue weighted by Gasteiger charge is -2.21. The number of benzene rings is 1. The standard InChI is InChI=1S/C16H22N2O3/c1-11(18-16(19)10-17-9-12-2-3-12)13-4-5-14-15(8-13)21-7-6-20-14/h4-5,8,11-12,17H,2-3,6-7,9-10H2,1H3,(H,18,19). The van der Waals surface area contributed by atoms with Gasteiger partial charge in [0.25, 0.3) is 0 Å². The Balaban J connectivity index is 1.51. The van der Waals surface area contributed by atoms with Gasteiger partial charge in [-0.05, 0) is 49.9 Å². The molecule has 1 aromatic rings. The lowest BCUT2D eigenvalue weighted by atomic mass is 10.1. The van der Waals surface area contributed by atoms with Crippen molar-refractivity contribution in [1.82, 2.24) is 10.6 Å². The molecule has 0 bridgehead atoms. The maximum absolute atomic E-state index is 11.9. The van der Waals surface area contributed by atoms with E-state index in [1.165, 1.54) is 12.8 Å². The van der Waals surface area contributed by atoms with Gasteiger partial charge in [0.1, 0.15) is 13.2 Å². The van der Waals surface area contributed by atoms with Gasteiger partial charge in [-0.25, -0.2) is 0 Å². The largest absolute Gasteiger partial charge is 0.486 e. The average Bonchev–Trinajstić information content (AvgIpc) is 3.31. The van der Waals surface area contributed by atoms with E-state index in [-0.39, 0.29) is 11.9 Å². The van der Waals surface area contributed by atoms with Crippen LogP contribution in [0.1, 0.15) is 31.4 Å². The number of fused-ring (bicyclic) bond motifs is 1. The summed E-state index contributed by atoms with van der Waals surface area (Å²) in [6, 6.07) is 5.77. The molecule has 1 fully saturated rings. The molecule has 0 aromatic heterocycles. The van der Waals surface area contributed by atoms with Gasteiger partial charge in [-0.1, -0.05) is 6.07 Å². The third-order valence-corrected chi connectivity index (χ3v) is 3.86. The van der Waals surface area contributed by atoms with Crippen molar-refractivity contribution in [1.29, 1.82) is 0 Å². The van der Waals surface area contributed by atoms with Crippen molar-refractivity contribution in [2.75, 3.05) is 26.3 Å². The van der Waals surface area contributed by atoms with E-state index in [1.807, 2.05) is 25.1 Å². The van der Waals surface area contributed by atoms with Crippen molar-refractivity contribution in [2.24, 2.45) is 5.92 Å². The van der Waals surface area contributed by atoms with Crippen LogP contribution in [0.2, 0.25) is 0 Å². The fraction of sp³-hybridized carbons (Fsp3) is 0.562. The van der Waals surface area contributed by atoms with E-state index < -0.39 is 0 Å². The molecule has 1 aliphatic carbocycles. The van der Waals surface area contributed by atoms with Gasteiger partial charge in [0, 0.05) is 0 Å². The third kappa shape index (κ3) is 3.88. The number of hydrogen-bond acceptors (Lipinski definition) is 4. The summed E-state index contributed by atoms with van der Waals surface area (Å²) in [5.41, 5.74) is 1.02. The molecule has 2 N–H and O–H groups in total. The monoisotopic (exact) mass is 290 g/mol. The summed E-state index contributed by atoms with van der Waals surface area (Å²) in [6.07, 6.45) is 2.59. The van der Waals surface area contributed by atoms with E-state index in [1.54, 1.807) is 0 Å². The van der Waals surface area contributed by atoms with Crippen LogP contribution < -0.4 is 20.1 Å². The van der Waals surface area contributed by atoms with E-state index in [2.05, 4.69) is 10.6 Å². The molecule has 5 nitrogen and oxygen atoms in total. The summed E-state index contributed by atoms with van der Waals surface area (Å²) < 4.78 is 11.1. The molecule has 3 rings (SSSR count). The van der Waals surface area contributed by atoms with Crippen LogP contribution in [-0.2, 0) is 4.79 Å². The van der Waals surface area contributed by atoms with Crippen LogP contribution >= 0.6 is 0 Å². The summed E-state index contributed by atoms with van der Waals surface area (Å²) in [6.45, 7) is 4.47. The molecule has 114 valence electrons. The molecule has 21 heavy (non-hydrogen) atoms. The molecule has 1 aliphatic heterocycles. The first kappa shape index (κ1) is 14.2. The first-order valence-corrected chi connectivity index (χ1v) is 7.62. The molecule has 1 amide bonds. The van der Waals surface area contributed by atoms with E-state index in [0.29, 0.717) is 19.8 Å². The Labute approximate surface area is 125 Å². The molecule has 1 unspecified atom stereocenters. The van der Waals surface area contributed by atoms with Crippen LogP contribution in [0, 0.1) is 5.92 Å². The topological polar surface area (TPSA) is 59.6 Å². The Morgan fingerprint density at radius 3 is 2.81 bits per heavy atom. The van der Waals surface area contributed by atoms with Crippen LogP contribution in [0.5, 0.6) is 11.5 Å². The number of rotatable bonds is 6. The summed E-state index contributed by atoms with van der Waals surface area (Å²) in [4.78, 5) is 11.9. The van der Waals surface area contributed by atoms with Crippen LogP contribution in [0.4, 0.5) is 0 Å². The van der Waals surface area contributed by atoms with Gasteiger partial charge in [0.15, 0.2) is 11.5 Å². The van der Waals surface area contributed by atoms with E-state index in [9.17, 15) is 4.79 Å². The summed E-state index contributed by atoms with van der Waals surface area (Å²) in [7, 11) is 0. The molecule has 1 saturated carbocycles. The van der Waals surface area contributed by atoms with Crippen LogP contribution in [-0.4, -0.2) is 32.2 Å². The zero-order chi connectivity index (χ0) is 14.7. The maximum Gasteiger partial charge on any atom is 0.234 e. The van der Waals surface area contributed by atoms with E-state index in [4.69, 9.17) is 9.47 Å². The first-order chi connectivity index (χ1) is 10.2. The van der Waals surface area contributed by atoms with Gasteiger partial charge in [-0.2, -0.15) is 0 Å². The Morgan fingerprint density at radius 1 is 1.29 bits per heavy atom. The van der Waals surface area contributed by atoms with E-state index in [0.717, 1.165) is 29.5 Å². The predicted octanol–water partition coefficient (Wildman–Crippen LogP) is 1.63. The van der Waals surface area contributed by atoms with Crippen LogP contribution in [0.3, 0.4) is 0 Å². The van der Waals surface area contributed by atoms with Gasteiger partial charge >= 0.3 is 0 Å². The summed E-state index contributed by atoms with van der Waals surface area (Å²) in [5, 5.41) is 6.20. The summed E-state index contributed by atoms with van der Waals surface area (Å²) in [5.74, 6) is 2.34. The zero-order valence-corrected chi connectivity index (χ0v) is 12.4. The van der Waals surface area contributed by atoms with Crippen LogP contribution in [0.25, 0.3) is 0 Å². The molecule has 1 heterocycles. The van der Waals surface area contributed by atoms with Gasteiger partial charge in [-0.15, -0.1) is 0 Å². The van der Waals surface area contributed by atoms with Crippen molar-refractivity contribution < 1.29 is 14.3 Å². The molecular weight excluding hydrogens is 268 g/mol. The van der Waals surface area contributed by atoms with Crippen LogP contribution in [0.15, 0.2) is 18.2 Å². The van der Waals surface area contributed by atoms with Crippen molar-refractivity contribution in [3.05, 3.63) is 23.8 Å². The molecule has 1 atom stereocenters. The highest BCUT2D eigenvalue weighted by molar-refractivity contribution is 5.78. The van der Waals surface area contributed by atoms with Crippen molar-refractivity contribution >= 4 is 5.91 Å². The van der Waals surface area contributed by atoms with Crippen molar-refractivity contribution in [3.63, 3.8) is 0 Å². The number of carbonyl (C=O) groups is 1. The molecule has 1 aromatic carbocycles. The average molecular weight is 290 g/mol. The highest BCUT2D eigenvalue weighted by Crippen LogP contribution is 2.32. The van der Waals surface area contributed by atoms with Crippen molar-refractivity contribution in [3.8, 4) is 11.5 Å². The molecule has 0 spiro atoms. The number of nitrogens with one attached hydrogen (secondary N) is 2. The fourth-order valence-electron chi connectivity index (χ4n) is 2.42. The fourth-order valence-corrected chi connectivity index (χ4v) is 2.42. The first-order valence-electron chi connectivity index (χ1n) is 7.62. The second-order valence-electron chi connectivity index (χ2n) is 5.77. The van der Waals surface area contributed by atoms with Gasteiger partial charge in [0.2, 0.25) is 5.91 Å². The zero-order valence-electron chi connectivity index (χ0n) is 12.4. The molecule has 0 radical (unpaired) electrons. The second-order valence-corrected chi connectivity index (χ2v) is 5.77. The highest BCUT2D eigenvalue weighted by Gasteiger charge is 2.21. The third-order valence-electron chi connectivity index (χ3n) is 3.86. The molecule has 0 saturated heterocycles. The second kappa shape index (κ2) is 6.35. The SMILES string of the molecule is CC(NC(=O)CNCC1CC1)c1ccc2c(c1)OCCO2. The minimum absolute atomic E-state index is 0.0260. The number of ether oxygens (including phenoxy) is 2. The van der Waals surface area contributed by atoms with Crippen molar-refractivity contribution in [2.45, 2.75) is 25.8 Å². The van der Waals surface area contributed by atoms with Gasteiger partial charge in [0.05, 0.1) is 12.6 Å². The lowest BCUT2D eigenvalue weighted by molar-refractivity contribution is -0.120. The number of hydrogen-bond donors (Lipinski definition) is 2. The lowest BCUT2D eigenvalue weighted by Crippen LogP contribution is -2.36. The number of carbonyl (C=O) groups excluding carboxylic acids is 1. The Hall–Kier alpha value is -1.75. The maximum atomic E-state index is 11.9. The molecule has 2 aliphatic rings. The van der Waals surface area contributed by atoms with Gasteiger partial charge < -0.3 is 20.1 Å². The smallest absolute Gasteiger partial charge is 0.234 e. The number of amides is 1. The normalized spacial score (nSPS) is 18.1. The minimum atomic E-state index is -0.0453. The Kier molecular flexibility index (Phi) is 4.29. The minimum Gasteiger partial charge on any atom is -0.486 e. The quantitative estimate of drug-likeness (QED) is 0.836. The molecule has 5 heteroatoms. The predicted molar refractivity (Wildman–Crippen MR) is 79.6 cm³/mol.